The number of hydrogen-bond donors (Lipinski definition) is 1. The summed E-state index contributed by atoms with van der Waals surface area (Å²) in [7, 11) is 1.69. The molecule has 0 saturated carbocycles. The zero-order valence-electron chi connectivity index (χ0n) is 13.9. The van der Waals surface area contributed by atoms with Crippen LogP contribution in [0, 0.1) is 0 Å². The number of methoxy groups -OCH3 is 1. The molecule has 1 unspecified atom stereocenters. The van der Waals surface area contributed by atoms with Crippen LogP contribution in [0.5, 0.6) is 11.5 Å². The van der Waals surface area contributed by atoms with Crippen LogP contribution in [-0.2, 0) is 11.3 Å². The summed E-state index contributed by atoms with van der Waals surface area (Å²) in [5.41, 5.74) is 1.20. The van der Waals surface area contributed by atoms with Gasteiger partial charge in [0.1, 0.15) is 0 Å². The lowest BCUT2D eigenvalue weighted by atomic mass is 10.2. The molecule has 1 aliphatic heterocycles. The summed E-state index contributed by atoms with van der Waals surface area (Å²) in [6.07, 6.45) is 6.22. The Morgan fingerprint density at radius 1 is 1.27 bits per heavy atom. The van der Waals surface area contributed by atoms with E-state index in [1.165, 1.54) is 31.2 Å². The standard InChI is InChI=1S/C18H29NO3/c1-3-4-5-10-22-17-9-8-15(12-18(17)20-2)13-19-14-16-7-6-11-21-16/h8-9,12,16,19H,3-7,10-11,13-14H2,1-2H3. The zero-order chi connectivity index (χ0) is 15.6. The zero-order valence-corrected chi connectivity index (χ0v) is 13.9. The van der Waals surface area contributed by atoms with Crippen molar-refractivity contribution in [1.29, 1.82) is 0 Å². The summed E-state index contributed by atoms with van der Waals surface area (Å²) < 4.78 is 16.9. The van der Waals surface area contributed by atoms with Gasteiger partial charge < -0.3 is 19.5 Å². The molecular weight excluding hydrogens is 278 g/mol. The Labute approximate surface area is 134 Å². The molecular formula is C18H29NO3. The molecule has 0 aliphatic carbocycles. The first kappa shape index (κ1) is 17.1. The Hall–Kier alpha value is -1.26. The predicted octanol–water partition coefficient (Wildman–Crippen LogP) is 3.53. The molecule has 1 atom stereocenters. The summed E-state index contributed by atoms with van der Waals surface area (Å²) in [5, 5.41) is 3.45. The van der Waals surface area contributed by atoms with Gasteiger partial charge >= 0.3 is 0 Å². The first-order chi connectivity index (χ1) is 10.8. The van der Waals surface area contributed by atoms with Crippen molar-refractivity contribution in [2.45, 2.75) is 51.7 Å². The van der Waals surface area contributed by atoms with Gasteiger partial charge in [-0.25, -0.2) is 0 Å². The number of hydrogen-bond acceptors (Lipinski definition) is 4. The van der Waals surface area contributed by atoms with E-state index in [4.69, 9.17) is 14.2 Å². The van der Waals surface area contributed by atoms with Crippen molar-refractivity contribution in [1.82, 2.24) is 5.32 Å². The van der Waals surface area contributed by atoms with Gasteiger partial charge in [-0.05, 0) is 37.0 Å². The van der Waals surface area contributed by atoms with Crippen LogP contribution in [0.2, 0.25) is 0 Å². The first-order valence-corrected chi connectivity index (χ1v) is 8.45. The van der Waals surface area contributed by atoms with Crippen LogP contribution < -0.4 is 14.8 Å². The molecule has 0 bridgehead atoms. The van der Waals surface area contributed by atoms with Gasteiger partial charge in [-0.15, -0.1) is 0 Å². The third kappa shape index (κ3) is 5.50. The normalized spacial score (nSPS) is 17.6. The molecule has 2 rings (SSSR count). The van der Waals surface area contributed by atoms with E-state index in [1.807, 2.05) is 6.07 Å². The van der Waals surface area contributed by atoms with Crippen LogP contribution in [0.25, 0.3) is 0 Å². The molecule has 1 aromatic carbocycles. The Balaban J connectivity index is 1.79. The fraction of sp³-hybridized carbons (Fsp3) is 0.667. The van der Waals surface area contributed by atoms with Crippen LogP contribution in [0.3, 0.4) is 0 Å². The molecule has 1 aromatic rings. The monoisotopic (exact) mass is 307 g/mol. The highest BCUT2D eigenvalue weighted by Crippen LogP contribution is 2.28. The topological polar surface area (TPSA) is 39.7 Å². The molecule has 0 spiro atoms. The molecule has 22 heavy (non-hydrogen) atoms. The molecule has 0 radical (unpaired) electrons. The summed E-state index contributed by atoms with van der Waals surface area (Å²) in [6.45, 7) is 5.59. The Bertz CT molecular complexity index is 430. The van der Waals surface area contributed by atoms with Crippen LogP contribution >= 0.6 is 0 Å². The highest BCUT2D eigenvalue weighted by Gasteiger charge is 2.14. The summed E-state index contributed by atoms with van der Waals surface area (Å²) in [6, 6.07) is 6.16. The van der Waals surface area contributed by atoms with Crippen LogP contribution in [0.1, 0.15) is 44.6 Å². The molecule has 4 nitrogen and oxygen atoms in total. The number of rotatable bonds is 10. The van der Waals surface area contributed by atoms with E-state index in [0.717, 1.165) is 44.2 Å². The highest BCUT2D eigenvalue weighted by atomic mass is 16.5. The van der Waals surface area contributed by atoms with Crippen molar-refractivity contribution in [3.05, 3.63) is 23.8 Å². The molecule has 1 heterocycles. The predicted molar refractivity (Wildman–Crippen MR) is 88.7 cm³/mol. The van der Waals surface area contributed by atoms with E-state index in [1.54, 1.807) is 7.11 Å². The van der Waals surface area contributed by atoms with Crippen molar-refractivity contribution in [3.63, 3.8) is 0 Å². The molecule has 1 fully saturated rings. The second-order valence-electron chi connectivity index (χ2n) is 5.81. The summed E-state index contributed by atoms with van der Waals surface area (Å²) in [5.74, 6) is 1.65. The number of ether oxygens (including phenoxy) is 3. The lowest BCUT2D eigenvalue weighted by molar-refractivity contribution is 0.110. The van der Waals surface area contributed by atoms with Crippen molar-refractivity contribution in [2.75, 3.05) is 26.9 Å². The van der Waals surface area contributed by atoms with E-state index in [2.05, 4.69) is 24.4 Å². The van der Waals surface area contributed by atoms with E-state index in [0.29, 0.717) is 6.10 Å². The smallest absolute Gasteiger partial charge is 0.161 e. The van der Waals surface area contributed by atoms with Gasteiger partial charge in [-0.3, -0.25) is 0 Å². The third-order valence-electron chi connectivity index (χ3n) is 3.96. The largest absolute Gasteiger partial charge is 0.493 e. The van der Waals surface area contributed by atoms with Gasteiger partial charge in [0.05, 0.1) is 19.8 Å². The lowest BCUT2D eigenvalue weighted by Gasteiger charge is -2.14. The van der Waals surface area contributed by atoms with Gasteiger partial charge in [-0.2, -0.15) is 0 Å². The van der Waals surface area contributed by atoms with E-state index in [9.17, 15) is 0 Å². The first-order valence-electron chi connectivity index (χ1n) is 8.45. The molecule has 1 saturated heterocycles. The highest BCUT2D eigenvalue weighted by molar-refractivity contribution is 5.42. The van der Waals surface area contributed by atoms with Crippen LogP contribution in [0.4, 0.5) is 0 Å². The molecule has 0 amide bonds. The van der Waals surface area contributed by atoms with Crippen molar-refractivity contribution < 1.29 is 14.2 Å². The van der Waals surface area contributed by atoms with Gasteiger partial charge in [0.15, 0.2) is 11.5 Å². The van der Waals surface area contributed by atoms with Crippen molar-refractivity contribution in [3.8, 4) is 11.5 Å². The average Bonchev–Trinajstić information content (AvgIpc) is 3.05. The Kier molecular flexibility index (Phi) is 7.54. The molecule has 1 aliphatic rings. The van der Waals surface area contributed by atoms with E-state index < -0.39 is 0 Å². The maximum atomic E-state index is 5.81. The maximum absolute atomic E-state index is 5.81. The fourth-order valence-electron chi connectivity index (χ4n) is 2.66. The molecule has 4 heteroatoms. The fourth-order valence-corrected chi connectivity index (χ4v) is 2.66. The molecule has 0 aromatic heterocycles. The van der Waals surface area contributed by atoms with E-state index in [-0.39, 0.29) is 0 Å². The summed E-state index contributed by atoms with van der Waals surface area (Å²) >= 11 is 0. The van der Waals surface area contributed by atoms with Gasteiger partial charge in [-0.1, -0.05) is 25.8 Å². The van der Waals surface area contributed by atoms with Gasteiger partial charge in [0, 0.05) is 19.7 Å². The summed E-state index contributed by atoms with van der Waals surface area (Å²) in [4.78, 5) is 0. The Morgan fingerprint density at radius 2 is 2.18 bits per heavy atom. The van der Waals surface area contributed by atoms with E-state index >= 15 is 0 Å². The van der Waals surface area contributed by atoms with Crippen molar-refractivity contribution >= 4 is 0 Å². The van der Waals surface area contributed by atoms with Crippen LogP contribution in [-0.4, -0.2) is 33.0 Å². The van der Waals surface area contributed by atoms with Crippen LogP contribution in [0.15, 0.2) is 18.2 Å². The molecule has 1 N–H and O–H groups in total. The average molecular weight is 307 g/mol. The minimum atomic E-state index is 0.378. The molecule has 124 valence electrons. The number of nitrogens with one attached hydrogen (secondary N) is 1. The second kappa shape index (κ2) is 9.70. The maximum Gasteiger partial charge on any atom is 0.161 e. The van der Waals surface area contributed by atoms with Gasteiger partial charge in [0.2, 0.25) is 0 Å². The minimum Gasteiger partial charge on any atom is -0.493 e. The minimum absolute atomic E-state index is 0.378. The van der Waals surface area contributed by atoms with Crippen molar-refractivity contribution in [2.24, 2.45) is 0 Å². The third-order valence-corrected chi connectivity index (χ3v) is 3.96. The van der Waals surface area contributed by atoms with Gasteiger partial charge in [0.25, 0.3) is 0 Å². The SMILES string of the molecule is CCCCCOc1ccc(CNCC2CCCO2)cc1OC. The number of benzene rings is 1. The second-order valence-corrected chi connectivity index (χ2v) is 5.81. The lowest BCUT2D eigenvalue weighted by Crippen LogP contribution is -2.25. The quantitative estimate of drug-likeness (QED) is 0.671. The number of unbranched alkanes of at least 4 members (excludes halogenated alkanes) is 2. The Morgan fingerprint density at radius 3 is 2.91 bits per heavy atom.